The number of carbonyl (C=O) groups excluding carboxylic acids is 4. The number of hydrogen-bond donors (Lipinski definition) is 3. The van der Waals surface area contributed by atoms with Crippen LogP contribution in [-0.2, 0) is 23.9 Å². The first kappa shape index (κ1) is 43.9. The molecule has 2 aliphatic rings. The Morgan fingerprint density at radius 2 is 1.17 bits per heavy atom. The topological polar surface area (TPSA) is 134 Å². The van der Waals surface area contributed by atoms with E-state index >= 15 is 4.79 Å². The van der Waals surface area contributed by atoms with Crippen LogP contribution in [0.1, 0.15) is 49.6 Å². The molecule has 1 saturated heterocycles. The monoisotopic (exact) mass is 890 g/mol. The lowest BCUT2D eigenvalue weighted by Gasteiger charge is -2.50. The van der Waals surface area contributed by atoms with Crippen LogP contribution in [0.25, 0.3) is 0 Å². The van der Waals surface area contributed by atoms with E-state index in [0.29, 0.717) is 17.5 Å². The van der Waals surface area contributed by atoms with Crippen LogP contribution in [0.2, 0.25) is 0 Å². The average molecular weight is 891 g/mol. The van der Waals surface area contributed by atoms with E-state index in [2.05, 4.69) is 47.0 Å². The van der Waals surface area contributed by atoms with Crippen LogP contribution in [0.3, 0.4) is 0 Å². The lowest BCUT2D eigenvalue weighted by molar-refractivity contribution is -0.154. The number of thioether (sulfide) groups is 1. The molecular weight excluding hydrogens is 842 g/mol. The molecule has 10 nitrogen and oxygen atoms in total. The van der Waals surface area contributed by atoms with Gasteiger partial charge in [0.1, 0.15) is 57.7 Å². The van der Waals surface area contributed by atoms with Crippen LogP contribution in [0, 0.1) is 0 Å². The predicted molar refractivity (Wildman–Crippen MR) is 253 cm³/mol. The molecule has 12 heteroatoms. The standard InChI is InChI=1S/C52H48N3O7PS/c1-52(2,3)62-51(60)54-43(35-29-31-39(56)32-30-35)47(57)53-44-48(58)55-45(50(59)61-46(36-19-9-4-10-20-36)37-21-11-5-12-22-37)38(34-64-49(44)55)33-63(40-23-13-6-14-24-40,41-25-15-7-16-26-41)42-27-17-8-18-28-42/h4-32,43-44,46,49H,33-34H2,1-3H3,(H2-,53,54,56,57,60)/p+1/t43-,44-,49-/m1/s1. The van der Waals surface area contributed by atoms with Gasteiger partial charge < -0.3 is 25.2 Å². The zero-order valence-corrected chi connectivity index (χ0v) is 37.4. The van der Waals surface area contributed by atoms with Crippen molar-refractivity contribution in [3.05, 3.63) is 204 Å². The van der Waals surface area contributed by atoms with Gasteiger partial charge in [0.15, 0.2) is 6.10 Å². The summed E-state index contributed by atoms with van der Waals surface area (Å²) in [6, 6.07) is 53.6. The lowest BCUT2D eigenvalue weighted by Crippen LogP contribution is -2.71. The van der Waals surface area contributed by atoms with E-state index in [1.807, 2.05) is 115 Å². The molecule has 2 aliphatic heterocycles. The van der Waals surface area contributed by atoms with E-state index in [-0.39, 0.29) is 11.4 Å². The van der Waals surface area contributed by atoms with Gasteiger partial charge in [-0.05, 0) is 86.0 Å². The fourth-order valence-corrected chi connectivity index (χ4v) is 14.0. The zero-order valence-electron chi connectivity index (χ0n) is 35.7. The number of phenolic OH excluding ortho intramolecular Hbond substituents is 1. The first-order valence-electron chi connectivity index (χ1n) is 21.0. The number of esters is 1. The van der Waals surface area contributed by atoms with E-state index in [0.717, 1.165) is 32.6 Å². The largest absolute Gasteiger partial charge is 0.508 e. The third-order valence-corrected chi connectivity index (χ3v) is 16.9. The molecule has 0 aliphatic carbocycles. The highest BCUT2D eigenvalue weighted by Gasteiger charge is 2.57. The van der Waals surface area contributed by atoms with Gasteiger partial charge in [-0.15, -0.1) is 11.8 Å². The highest BCUT2D eigenvalue weighted by atomic mass is 32.2. The van der Waals surface area contributed by atoms with Crippen LogP contribution in [0.5, 0.6) is 5.75 Å². The second-order valence-electron chi connectivity index (χ2n) is 16.6. The molecular formula is C52H49N3O7PS+. The maximum atomic E-state index is 15.2. The molecule has 0 aromatic heterocycles. The van der Waals surface area contributed by atoms with Crippen molar-refractivity contribution >= 4 is 58.8 Å². The number of amides is 3. The quantitative estimate of drug-likeness (QED) is 0.0605. The van der Waals surface area contributed by atoms with Crippen molar-refractivity contribution in [2.45, 2.75) is 49.9 Å². The van der Waals surface area contributed by atoms with Crippen LogP contribution in [0.15, 0.2) is 187 Å². The third kappa shape index (κ3) is 9.32. The first-order valence-corrected chi connectivity index (χ1v) is 24.1. The molecule has 0 radical (unpaired) electrons. The number of β-lactam (4-membered cyclic amide) rings is 1. The maximum absolute atomic E-state index is 15.2. The molecule has 8 rings (SSSR count). The SMILES string of the molecule is CC(C)(C)OC(=O)N[C@@H](C(=O)N[C@@H]1C(=O)N2C(C(=O)OC(c3ccccc3)c3ccccc3)=C(C[P+](c3ccccc3)(c3ccccc3)c3ccccc3)CS[C@H]12)c1ccc(O)cc1. The number of ether oxygens (including phenoxy) is 2. The molecule has 64 heavy (non-hydrogen) atoms. The van der Waals surface area contributed by atoms with Gasteiger partial charge in [-0.1, -0.05) is 127 Å². The number of hydrogen-bond acceptors (Lipinski definition) is 8. The Kier molecular flexibility index (Phi) is 13.0. The van der Waals surface area contributed by atoms with Crippen LogP contribution in [-0.4, -0.2) is 62.8 Å². The van der Waals surface area contributed by atoms with E-state index in [1.54, 1.807) is 20.8 Å². The summed E-state index contributed by atoms with van der Waals surface area (Å²) in [5.41, 5.74) is 1.96. The van der Waals surface area contributed by atoms with Crippen molar-refractivity contribution in [1.29, 1.82) is 0 Å². The van der Waals surface area contributed by atoms with Crippen molar-refractivity contribution in [3.8, 4) is 5.75 Å². The first-order chi connectivity index (χ1) is 30.9. The fourth-order valence-electron chi connectivity index (χ4n) is 8.22. The number of phenols is 1. The van der Waals surface area contributed by atoms with E-state index in [1.165, 1.54) is 40.9 Å². The number of aromatic hydroxyl groups is 1. The van der Waals surface area contributed by atoms with Gasteiger partial charge >= 0.3 is 12.1 Å². The van der Waals surface area contributed by atoms with Gasteiger partial charge in [0.25, 0.3) is 5.91 Å². The summed E-state index contributed by atoms with van der Waals surface area (Å²) in [5, 5.41) is 18.2. The Morgan fingerprint density at radius 1 is 0.703 bits per heavy atom. The van der Waals surface area contributed by atoms with Gasteiger partial charge in [-0.3, -0.25) is 14.5 Å². The van der Waals surface area contributed by atoms with E-state index in [4.69, 9.17) is 9.47 Å². The number of nitrogens with one attached hydrogen (secondary N) is 2. The van der Waals surface area contributed by atoms with Gasteiger partial charge in [0.2, 0.25) is 5.91 Å². The normalized spacial score (nSPS) is 16.6. The molecule has 3 atom stereocenters. The van der Waals surface area contributed by atoms with Gasteiger partial charge in [0.05, 0.1) is 6.16 Å². The molecule has 3 N–H and O–H groups in total. The molecule has 0 saturated carbocycles. The van der Waals surface area contributed by atoms with Crippen LogP contribution < -0.4 is 26.5 Å². The summed E-state index contributed by atoms with van der Waals surface area (Å²) >= 11 is 1.46. The third-order valence-electron chi connectivity index (χ3n) is 11.1. The molecule has 324 valence electrons. The van der Waals surface area contributed by atoms with Crippen molar-refractivity contribution in [1.82, 2.24) is 15.5 Å². The van der Waals surface area contributed by atoms with Crippen molar-refractivity contribution in [3.63, 3.8) is 0 Å². The zero-order chi connectivity index (χ0) is 44.8. The highest BCUT2D eigenvalue weighted by Crippen LogP contribution is 2.58. The van der Waals surface area contributed by atoms with E-state index in [9.17, 15) is 19.5 Å². The summed E-state index contributed by atoms with van der Waals surface area (Å²) in [6.07, 6.45) is -1.19. The van der Waals surface area contributed by atoms with E-state index < -0.39 is 60.3 Å². The van der Waals surface area contributed by atoms with Gasteiger partial charge in [0, 0.05) is 11.3 Å². The second-order valence-corrected chi connectivity index (χ2v) is 21.2. The minimum atomic E-state index is -2.56. The van der Waals surface area contributed by atoms with Gasteiger partial charge in [-0.25, -0.2) is 9.59 Å². The number of benzene rings is 6. The summed E-state index contributed by atoms with van der Waals surface area (Å²) in [4.78, 5) is 58.7. The van der Waals surface area contributed by atoms with Crippen molar-refractivity contribution in [2.24, 2.45) is 0 Å². The predicted octanol–water partition coefficient (Wildman–Crippen LogP) is 7.94. The smallest absolute Gasteiger partial charge is 0.408 e. The van der Waals surface area contributed by atoms with Crippen molar-refractivity contribution in [2.75, 3.05) is 11.9 Å². The number of alkyl carbamates (subject to hydrolysis) is 1. The minimum Gasteiger partial charge on any atom is -0.508 e. The van der Waals surface area contributed by atoms with Crippen molar-refractivity contribution < 1.29 is 33.8 Å². The molecule has 6 aromatic carbocycles. The van der Waals surface area contributed by atoms with Crippen LogP contribution >= 0.6 is 19.0 Å². The Morgan fingerprint density at radius 3 is 1.64 bits per heavy atom. The summed E-state index contributed by atoms with van der Waals surface area (Å²) in [5.74, 6) is -1.47. The van der Waals surface area contributed by atoms with Gasteiger partial charge in [-0.2, -0.15) is 0 Å². The highest BCUT2D eigenvalue weighted by molar-refractivity contribution is 8.00. The number of fused-ring (bicyclic) bond motifs is 1. The fraction of sp³-hybridized carbons (Fsp3) is 0.192. The molecule has 0 spiro atoms. The second kappa shape index (κ2) is 19.0. The van der Waals surface area contributed by atoms with Crippen LogP contribution in [0.4, 0.5) is 4.79 Å². The Labute approximate surface area is 378 Å². The molecule has 0 unspecified atom stereocenters. The summed E-state index contributed by atoms with van der Waals surface area (Å²) < 4.78 is 12.1. The number of carbonyl (C=O) groups is 4. The number of rotatable bonds is 13. The maximum Gasteiger partial charge on any atom is 0.408 e. The summed E-state index contributed by atoms with van der Waals surface area (Å²) in [6.45, 7) is 5.13. The lowest BCUT2D eigenvalue weighted by atomic mass is 10.00. The molecule has 6 aromatic rings. The molecule has 0 bridgehead atoms. The average Bonchev–Trinajstić information content (AvgIpc) is 3.31. The summed E-state index contributed by atoms with van der Waals surface area (Å²) in [7, 11) is -2.56. The Bertz CT molecular complexity index is 2490. The number of nitrogens with zero attached hydrogens (tertiary/aromatic N) is 1. The minimum absolute atomic E-state index is 0.0226. The Balaban J connectivity index is 1.21. The Hall–Kier alpha value is -6.68. The molecule has 2 heterocycles. The molecule has 1 fully saturated rings. The molecule has 3 amide bonds.